The second-order valence-corrected chi connectivity index (χ2v) is 4.22. The summed E-state index contributed by atoms with van der Waals surface area (Å²) in [5.74, 6) is -0.0455. The number of hydrogen-bond acceptors (Lipinski definition) is 1. The molecule has 1 heterocycles. The fraction of sp³-hybridized carbons (Fsp3) is 0.250. The molecular weight excluding hydrogens is 213 g/mol. The first-order valence-electron chi connectivity index (χ1n) is 4.84. The second kappa shape index (κ2) is 3.78. The van der Waals surface area contributed by atoms with Crippen LogP contribution in [0.2, 0.25) is 5.02 Å². The number of halogens is 2. The van der Waals surface area contributed by atoms with E-state index in [9.17, 15) is 4.39 Å². The van der Waals surface area contributed by atoms with Gasteiger partial charge >= 0.3 is 0 Å². The Bertz CT molecular complexity index is 508. The molecule has 1 aromatic heterocycles. The molecule has 0 bridgehead atoms. The van der Waals surface area contributed by atoms with Crippen molar-refractivity contribution in [2.24, 2.45) is 0 Å². The molecule has 0 saturated heterocycles. The molecule has 0 aliphatic heterocycles. The van der Waals surface area contributed by atoms with Crippen LogP contribution in [-0.2, 0) is 0 Å². The summed E-state index contributed by atoms with van der Waals surface area (Å²) in [6.45, 7) is 4.07. The summed E-state index contributed by atoms with van der Waals surface area (Å²) < 4.78 is 13.5. The maximum atomic E-state index is 13.5. The fourth-order valence-corrected chi connectivity index (χ4v) is 2.14. The van der Waals surface area contributed by atoms with Gasteiger partial charge in [-0.2, -0.15) is 0 Å². The third-order valence-electron chi connectivity index (χ3n) is 2.42. The highest BCUT2D eigenvalue weighted by Crippen LogP contribution is 2.31. The van der Waals surface area contributed by atoms with Crippen LogP contribution < -0.4 is 0 Å². The fourth-order valence-electron chi connectivity index (χ4n) is 1.77. The molecule has 2 rings (SSSR count). The summed E-state index contributed by atoms with van der Waals surface area (Å²) in [4.78, 5) is 4.02. The number of rotatable bonds is 1. The number of para-hydroxylation sites is 1. The summed E-state index contributed by atoms with van der Waals surface area (Å²) in [6, 6.07) is 4.95. The molecule has 0 saturated carbocycles. The van der Waals surface area contributed by atoms with E-state index in [-0.39, 0.29) is 11.7 Å². The summed E-state index contributed by atoms with van der Waals surface area (Å²) in [5, 5.41) is 1.40. The smallest absolute Gasteiger partial charge is 0.149 e. The predicted octanol–water partition coefficient (Wildman–Crippen LogP) is 4.15. The van der Waals surface area contributed by atoms with Gasteiger partial charge in [0.2, 0.25) is 0 Å². The minimum atomic E-state index is -0.300. The molecule has 1 aromatic carbocycles. The number of benzene rings is 1. The van der Waals surface area contributed by atoms with Gasteiger partial charge in [-0.05, 0) is 17.5 Å². The standard InChI is InChI=1S/C12H11ClFN/c1-7(2)11-8-4-3-5-10(14)12(8)15-6-9(11)13/h3-7H,1-2H3. The minimum absolute atomic E-state index is 0.254. The molecule has 78 valence electrons. The van der Waals surface area contributed by atoms with Crippen molar-refractivity contribution >= 4 is 22.5 Å². The molecule has 0 radical (unpaired) electrons. The lowest BCUT2D eigenvalue weighted by atomic mass is 9.99. The molecule has 2 aromatic rings. The number of pyridine rings is 1. The Morgan fingerprint density at radius 1 is 1.33 bits per heavy atom. The molecule has 1 nitrogen and oxygen atoms in total. The van der Waals surface area contributed by atoms with Crippen molar-refractivity contribution in [3.05, 3.63) is 40.8 Å². The molecule has 0 N–H and O–H groups in total. The molecule has 0 amide bonds. The summed E-state index contributed by atoms with van der Waals surface area (Å²) in [5.41, 5.74) is 1.35. The molecule has 15 heavy (non-hydrogen) atoms. The van der Waals surface area contributed by atoms with Crippen LogP contribution in [0.15, 0.2) is 24.4 Å². The second-order valence-electron chi connectivity index (χ2n) is 3.81. The van der Waals surface area contributed by atoms with Crippen molar-refractivity contribution in [2.75, 3.05) is 0 Å². The van der Waals surface area contributed by atoms with Gasteiger partial charge in [-0.1, -0.05) is 37.6 Å². The average Bonchev–Trinajstić information content (AvgIpc) is 2.17. The number of hydrogen-bond donors (Lipinski definition) is 0. The highest BCUT2D eigenvalue weighted by molar-refractivity contribution is 6.32. The van der Waals surface area contributed by atoms with E-state index in [0.29, 0.717) is 10.5 Å². The maximum absolute atomic E-state index is 13.5. The number of nitrogens with zero attached hydrogens (tertiary/aromatic N) is 1. The van der Waals surface area contributed by atoms with Gasteiger partial charge in [-0.25, -0.2) is 4.39 Å². The minimum Gasteiger partial charge on any atom is -0.252 e. The quantitative estimate of drug-likeness (QED) is 0.708. The van der Waals surface area contributed by atoms with Crippen molar-refractivity contribution in [3.63, 3.8) is 0 Å². The normalized spacial score (nSPS) is 11.3. The Balaban J connectivity index is 2.88. The molecule has 3 heteroatoms. The zero-order valence-corrected chi connectivity index (χ0v) is 9.35. The molecule has 0 unspecified atom stereocenters. The van der Waals surface area contributed by atoms with Crippen LogP contribution in [0.5, 0.6) is 0 Å². The van der Waals surface area contributed by atoms with Crippen LogP contribution in [0.4, 0.5) is 4.39 Å². The highest BCUT2D eigenvalue weighted by atomic mass is 35.5. The van der Waals surface area contributed by atoms with Crippen molar-refractivity contribution in [3.8, 4) is 0 Å². The van der Waals surface area contributed by atoms with Crippen molar-refractivity contribution in [1.82, 2.24) is 4.98 Å². The van der Waals surface area contributed by atoms with E-state index in [0.717, 1.165) is 10.9 Å². The number of fused-ring (bicyclic) bond motifs is 1. The van der Waals surface area contributed by atoms with Crippen LogP contribution in [0.1, 0.15) is 25.3 Å². The molecule has 0 fully saturated rings. The van der Waals surface area contributed by atoms with Crippen LogP contribution in [0.25, 0.3) is 10.9 Å². The van der Waals surface area contributed by atoms with Crippen LogP contribution >= 0.6 is 11.6 Å². The number of aromatic nitrogens is 1. The van der Waals surface area contributed by atoms with E-state index in [1.807, 2.05) is 19.9 Å². The van der Waals surface area contributed by atoms with Crippen LogP contribution in [0.3, 0.4) is 0 Å². The third kappa shape index (κ3) is 1.70. The van der Waals surface area contributed by atoms with Gasteiger partial charge in [0, 0.05) is 11.6 Å². The first kappa shape index (κ1) is 10.4. The van der Waals surface area contributed by atoms with Crippen molar-refractivity contribution < 1.29 is 4.39 Å². The Hall–Kier alpha value is -1.15. The van der Waals surface area contributed by atoms with Crippen LogP contribution in [0, 0.1) is 5.82 Å². The summed E-state index contributed by atoms with van der Waals surface area (Å²) in [7, 11) is 0. The molecular formula is C12H11ClFN. The lowest BCUT2D eigenvalue weighted by molar-refractivity contribution is 0.636. The van der Waals surface area contributed by atoms with E-state index in [1.54, 1.807) is 6.07 Å². The Labute approximate surface area is 92.9 Å². The van der Waals surface area contributed by atoms with Crippen molar-refractivity contribution in [1.29, 1.82) is 0 Å². The lowest BCUT2D eigenvalue weighted by Gasteiger charge is -2.11. The van der Waals surface area contributed by atoms with Gasteiger partial charge in [-0.3, -0.25) is 4.98 Å². The van der Waals surface area contributed by atoms with Gasteiger partial charge in [0.15, 0.2) is 0 Å². The lowest BCUT2D eigenvalue weighted by Crippen LogP contribution is -1.94. The highest BCUT2D eigenvalue weighted by Gasteiger charge is 2.12. The first-order valence-corrected chi connectivity index (χ1v) is 5.21. The van der Waals surface area contributed by atoms with E-state index >= 15 is 0 Å². The molecule has 0 aliphatic rings. The SMILES string of the molecule is CC(C)c1c(Cl)cnc2c(F)cccc12. The average molecular weight is 224 g/mol. The van der Waals surface area contributed by atoms with Gasteiger partial charge in [0.05, 0.1) is 5.02 Å². The molecule has 0 aliphatic carbocycles. The summed E-state index contributed by atoms with van der Waals surface area (Å²) in [6.07, 6.45) is 1.52. The summed E-state index contributed by atoms with van der Waals surface area (Å²) >= 11 is 6.07. The monoisotopic (exact) mass is 223 g/mol. The van der Waals surface area contributed by atoms with E-state index in [4.69, 9.17) is 11.6 Å². The zero-order chi connectivity index (χ0) is 11.0. The van der Waals surface area contributed by atoms with Crippen LogP contribution in [-0.4, -0.2) is 4.98 Å². The van der Waals surface area contributed by atoms with Gasteiger partial charge < -0.3 is 0 Å². The third-order valence-corrected chi connectivity index (χ3v) is 2.72. The zero-order valence-electron chi connectivity index (χ0n) is 8.59. The van der Waals surface area contributed by atoms with E-state index in [1.165, 1.54) is 12.3 Å². The molecule has 0 atom stereocenters. The maximum Gasteiger partial charge on any atom is 0.149 e. The Kier molecular flexibility index (Phi) is 2.61. The van der Waals surface area contributed by atoms with Gasteiger partial charge in [0.1, 0.15) is 11.3 Å². The van der Waals surface area contributed by atoms with E-state index < -0.39 is 0 Å². The van der Waals surface area contributed by atoms with E-state index in [2.05, 4.69) is 4.98 Å². The van der Waals surface area contributed by atoms with Crippen molar-refractivity contribution in [2.45, 2.75) is 19.8 Å². The Morgan fingerprint density at radius 3 is 2.73 bits per heavy atom. The predicted molar refractivity (Wildman–Crippen MR) is 60.8 cm³/mol. The molecule has 0 spiro atoms. The topological polar surface area (TPSA) is 12.9 Å². The van der Waals surface area contributed by atoms with Gasteiger partial charge in [-0.15, -0.1) is 0 Å². The largest absolute Gasteiger partial charge is 0.252 e. The van der Waals surface area contributed by atoms with Gasteiger partial charge in [0.25, 0.3) is 0 Å². The Morgan fingerprint density at radius 2 is 2.07 bits per heavy atom. The first-order chi connectivity index (χ1) is 7.11.